The van der Waals surface area contributed by atoms with E-state index < -0.39 is 0 Å². The average Bonchev–Trinajstić information content (AvgIpc) is 2.34. The lowest BCUT2D eigenvalue weighted by atomic mass is 10.2. The summed E-state index contributed by atoms with van der Waals surface area (Å²) < 4.78 is 4.04. The van der Waals surface area contributed by atoms with Crippen molar-refractivity contribution in [3.8, 4) is 0 Å². The molecule has 12 heavy (non-hydrogen) atoms. The number of carbonyl (C=O) groups excluding carboxylic acids is 1. The quantitative estimate of drug-likeness (QED) is 0.518. The first-order chi connectivity index (χ1) is 5.59. The van der Waals surface area contributed by atoms with Crippen LogP contribution in [0.15, 0.2) is 17.7 Å². The van der Waals surface area contributed by atoms with Gasteiger partial charge in [0.2, 0.25) is 0 Å². The molecule has 0 N–H and O–H groups in total. The first kappa shape index (κ1) is 9.13. The summed E-state index contributed by atoms with van der Waals surface area (Å²) in [5.74, 6) is 0.0561. The molecule has 3 heteroatoms. The number of aryl methyl sites for hydroxylation is 1. The van der Waals surface area contributed by atoms with Gasteiger partial charge in [0.25, 0.3) is 0 Å². The minimum atomic E-state index is 0.0561. The highest BCUT2D eigenvalue weighted by Gasteiger charge is 2.05. The molecule has 1 rings (SSSR count). The van der Waals surface area contributed by atoms with E-state index in [4.69, 9.17) is 0 Å². The number of hydrogen-bond acceptors (Lipinski definition) is 3. The molecule has 0 unspecified atom stereocenters. The van der Waals surface area contributed by atoms with Gasteiger partial charge in [-0.2, -0.15) is 4.37 Å². The lowest BCUT2D eigenvalue weighted by Gasteiger charge is -1.87. The zero-order valence-corrected chi connectivity index (χ0v) is 8.23. The van der Waals surface area contributed by atoms with E-state index in [-0.39, 0.29) is 5.78 Å². The van der Waals surface area contributed by atoms with E-state index in [1.165, 1.54) is 11.5 Å². The Morgan fingerprint density at radius 2 is 2.25 bits per heavy atom. The summed E-state index contributed by atoms with van der Waals surface area (Å²) in [6.45, 7) is 5.70. The third-order valence-corrected chi connectivity index (χ3v) is 2.19. The van der Waals surface area contributed by atoms with Crippen molar-refractivity contribution in [2.24, 2.45) is 0 Å². The first-order valence-electron chi connectivity index (χ1n) is 3.72. The number of ketones is 1. The van der Waals surface area contributed by atoms with E-state index >= 15 is 0 Å². The second-order valence-electron chi connectivity index (χ2n) is 2.92. The molecule has 64 valence electrons. The zero-order valence-electron chi connectivity index (χ0n) is 7.42. The van der Waals surface area contributed by atoms with Gasteiger partial charge in [-0.1, -0.05) is 5.57 Å². The summed E-state index contributed by atoms with van der Waals surface area (Å²) in [6, 6.07) is 1.81. The Kier molecular flexibility index (Phi) is 2.76. The number of carbonyl (C=O) groups is 1. The van der Waals surface area contributed by atoms with Crippen molar-refractivity contribution in [2.45, 2.75) is 20.8 Å². The topological polar surface area (TPSA) is 30.0 Å². The van der Waals surface area contributed by atoms with Gasteiger partial charge >= 0.3 is 0 Å². The van der Waals surface area contributed by atoms with Gasteiger partial charge in [-0.3, -0.25) is 4.79 Å². The molecule has 0 aliphatic rings. The molecule has 0 radical (unpaired) electrons. The maximum absolute atomic E-state index is 11.4. The highest BCUT2D eigenvalue weighted by Crippen LogP contribution is 2.11. The third kappa shape index (κ3) is 2.27. The summed E-state index contributed by atoms with van der Waals surface area (Å²) in [5, 5.41) is 0. The van der Waals surface area contributed by atoms with Gasteiger partial charge in [0.1, 0.15) is 0 Å². The fraction of sp³-hybridized carbons (Fsp3) is 0.333. The van der Waals surface area contributed by atoms with Crippen LogP contribution in [0.5, 0.6) is 0 Å². The Morgan fingerprint density at radius 1 is 1.58 bits per heavy atom. The maximum atomic E-state index is 11.4. The number of aromatic nitrogens is 1. The molecule has 0 aliphatic heterocycles. The van der Waals surface area contributed by atoms with Crippen LogP contribution in [0.25, 0.3) is 0 Å². The van der Waals surface area contributed by atoms with Gasteiger partial charge in [0.15, 0.2) is 5.78 Å². The zero-order chi connectivity index (χ0) is 9.14. The molecule has 0 aliphatic carbocycles. The lowest BCUT2D eigenvalue weighted by Crippen LogP contribution is -1.90. The van der Waals surface area contributed by atoms with Gasteiger partial charge in [-0.05, 0) is 44.4 Å². The van der Waals surface area contributed by atoms with Crippen molar-refractivity contribution in [1.29, 1.82) is 0 Å². The van der Waals surface area contributed by atoms with Crippen molar-refractivity contribution in [1.82, 2.24) is 4.37 Å². The van der Waals surface area contributed by atoms with Crippen LogP contribution in [0.4, 0.5) is 0 Å². The molecule has 0 amide bonds. The van der Waals surface area contributed by atoms with E-state index in [0.29, 0.717) is 4.88 Å². The van der Waals surface area contributed by atoms with Crippen LogP contribution in [0.3, 0.4) is 0 Å². The van der Waals surface area contributed by atoms with E-state index in [1.54, 1.807) is 6.08 Å². The molecule has 1 heterocycles. The van der Waals surface area contributed by atoms with Crippen LogP contribution in [-0.4, -0.2) is 10.2 Å². The summed E-state index contributed by atoms with van der Waals surface area (Å²) in [5.41, 5.74) is 1.93. The Morgan fingerprint density at radius 3 is 2.67 bits per heavy atom. The minimum absolute atomic E-state index is 0.0561. The smallest absolute Gasteiger partial charge is 0.197 e. The van der Waals surface area contributed by atoms with Crippen molar-refractivity contribution in [2.75, 3.05) is 0 Å². The Bertz CT molecular complexity index is 321. The predicted octanol–water partition coefficient (Wildman–Crippen LogP) is 2.60. The molecule has 0 saturated heterocycles. The second kappa shape index (κ2) is 3.63. The number of allylic oxidation sites excluding steroid dienone is 2. The normalized spacial score (nSPS) is 9.58. The number of nitrogens with zero attached hydrogens (tertiary/aromatic N) is 1. The predicted molar refractivity (Wildman–Crippen MR) is 50.6 cm³/mol. The molecule has 0 atom stereocenters. The summed E-state index contributed by atoms with van der Waals surface area (Å²) >= 11 is 1.26. The van der Waals surface area contributed by atoms with Gasteiger partial charge < -0.3 is 0 Å². The van der Waals surface area contributed by atoms with Gasteiger partial charge in [-0.25, -0.2) is 0 Å². The maximum Gasteiger partial charge on any atom is 0.197 e. The van der Waals surface area contributed by atoms with Crippen LogP contribution in [0.1, 0.15) is 29.2 Å². The van der Waals surface area contributed by atoms with Crippen molar-refractivity contribution in [3.63, 3.8) is 0 Å². The van der Waals surface area contributed by atoms with Crippen LogP contribution in [-0.2, 0) is 0 Å². The van der Waals surface area contributed by atoms with Crippen LogP contribution >= 0.6 is 11.5 Å². The van der Waals surface area contributed by atoms with E-state index in [9.17, 15) is 4.79 Å². The van der Waals surface area contributed by atoms with Gasteiger partial charge in [0, 0.05) is 0 Å². The largest absolute Gasteiger partial charge is 0.288 e. The lowest BCUT2D eigenvalue weighted by molar-refractivity contribution is 0.104. The Balaban J connectivity index is 2.86. The molecule has 0 bridgehead atoms. The minimum Gasteiger partial charge on any atom is -0.288 e. The SMILES string of the molecule is CC(C)=CC(=O)c1cc(C)ns1. The van der Waals surface area contributed by atoms with Crippen molar-refractivity contribution >= 4 is 17.3 Å². The summed E-state index contributed by atoms with van der Waals surface area (Å²) in [6.07, 6.45) is 1.63. The number of hydrogen-bond donors (Lipinski definition) is 0. The van der Waals surface area contributed by atoms with Crippen LogP contribution in [0, 0.1) is 6.92 Å². The monoisotopic (exact) mass is 181 g/mol. The van der Waals surface area contributed by atoms with E-state index in [2.05, 4.69) is 4.37 Å². The Labute approximate surface area is 76.1 Å². The van der Waals surface area contributed by atoms with Gasteiger partial charge in [0.05, 0.1) is 10.6 Å². The molecular weight excluding hydrogens is 170 g/mol. The Hall–Kier alpha value is -0.960. The highest BCUT2D eigenvalue weighted by molar-refractivity contribution is 7.08. The molecule has 2 nitrogen and oxygen atoms in total. The fourth-order valence-electron chi connectivity index (χ4n) is 0.813. The third-order valence-electron chi connectivity index (χ3n) is 1.29. The van der Waals surface area contributed by atoms with Gasteiger partial charge in [-0.15, -0.1) is 0 Å². The fourth-order valence-corrected chi connectivity index (χ4v) is 1.48. The molecule has 0 aromatic carbocycles. The molecular formula is C9H11NOS. The molecule has 0 spiro atoms. The summed E-state index contributed by atoms with van der Waals surface area (Å²) in [4.78, 5) is 12.1. The summed E-state index contributed by atoms with van der Waals surface area (Å²) in [7, 11) is 0. The standard InChI is InChI=1S/C9H11NOS/c1-6(2)4-8(11)9-5-7(3)10-12-9/h4-5H,1-3H3. The van der Waals surface area contributed by atoms with E-state index in [1.807, 2.05) is 26.8 Å². The van der Waals surface area contributed by atoms with Crippen molar-refractivity contribution in [3.05, 3.63) is 28.3 Å². The van der Waals surface area contributed by atoms with Crippen LogP contribution in [0.2, 0.25) is 0 Å². The number of rotatable bonds is 2. The molecule has 0 saturated carbocycles. The second-order valence-corrected chi connectivity index (χ2v) is 3.72. The van der Waals surface area contributed by atoms with Crippen molar-refractivity contribution < 1.29 is 4.79 Å². The molecule has 1 aromatic heterocycles. The van der Waals surface area contributed by atoms with Crippen LogP contribution < -0.4 is 0 Å². The molecule has 0 fully saturated rings. The molecule has 1 aromatic rings. The van der Waals surface area contributed by atoms with E-state index in [0.717, 1.165) is 11.3 Å². The first-order valence-corrected chi connectivity index (χ1v) is 4.49. The highest BCUT2D eigenvalue weighted by atomic mass is 32.1. The average molecular weight is 181 g/mol.